The van der Waals surface area contributed by atoms with E-state index in [0.717, 1.165) is 29.7 Å². The average molecular weight is 465 g/mol. The van der Waals surface area contributed by atoms with Gasteiger partial charge in [-0.2, -0.15) is 4.31 Å². The summed E-state index contributed by atoms with van der Waals surface area (Å²) in [6.45, 7) is 7.65. The Hall–Kier alpha value is -2.09. The highest BCUT2D eigenvalue weighted by molar-refractivity contribution is 7.89. The van der Waals surface area contributed by atoms with Crippen molar-refractivity contribution in [2.45, 2.75) is 38.5 Å². The first-order valence-electron chi connectivity index (χ1n) is 10.5. The van der Waals surface area contributed by atoms with E-state index in [4.69, 9.17) is 16.3 Å². The number of aryl methyl sites for hydroxylation is 1. The number of amides is 1. The standard InChI is InChI=1S/C23H29ClN2O4S/c1-16-9-12-26(13-10-16)31(28,29)19-7-8-21(24)20(15-19)23(27)25-11-14-30-22-6-4-5-17(2)18(22)3/h4-8,15-16H,9-14H2,1-3H3,(H,25,27). The zero-order chi connectivity index (χ0) is 22.6. The minimum absolute atomic E-state index is 0.0863. The molecule has 0 radical (unpaired) electrons. The molecule has 0 aliphatic carbocycles. The zero-order valence-corrected chi connectivity index (χ0v) is 19.7. The summed E-state index contributed by atoms with van der Waals surface area (Å²) in [7, 11) is -3.66. The molecule has 0 saturated carbocycles. The average Bonchev–Trinajstić information content (AvgIpc) is 2.74. The summed E-state index contributed by atoms with van der Waals surface area (Å²) in [5.74, 6) is 0.860. The third-order valence-electron chi connectivity index (χ3n) is 5.76. The van der Waals surface area contributed by atoms with E-state index in [1.165, 1.54) is 22.5 Å². The molecule has 1 saturated heterocycles. The minimum Gasteiger partial charge on any atom is -0.491 e. The van der Waals surface area contributed by atoms with E-state index in [9.17, 15) is 13.2 Å². The van der Waals surface area contributed by atoms with Crippen LogP contribution in [-0.4, -0.2) is 44.9 Å². The number of halogens is 1. The van der Waals surface area contributed by atoms with Crippen LogP contribution in [0.5, 0.6) is 5.75 Å². The van der Waals surface area contributed by atoms with Crippen LogP contribution in [-0.2, 0) is 10.0 Å². The highest BCUT2D eigenvalue weighted by Gasteiger charge is 2.29. The first-order chi connectivity index (χ1) is 14.7. The number of hydrogen-bond acceptors (Lipinski definition) is 4. The van der Waals surface area contributed by atoms with Crippen LogP contribution in [0.2, 0.25) is 5.02 Å². The fourth-order valence-corrected chi connectivity index (χ4v) is 5.21. The number of nitrogens with one attached hydrogen (secondary N) is 1. The molecular weight excluding hydrogens is 436 g/mol. The van der Waals surface area contributed by atoms with Crippen LogP contribution < -0.4 is 10.1 Å². The number of sulfonamides is 1. The Morgan fingerprint density at radius 2 is 1.90 bits per heavy atom. The lowest BCUT2D eigenvalue weighted by atomic mass is 10.0. The van der Waals surface area contributed by atoms with Crippen molar-refractivity contribution in [3.05, 3.63) is 58.1 Å². The number of hydrogen-bond donors (Lipinski definition) is 1. The van der Waals surface area contributed by atoms with Gasteiger partial charge in [-0.15, -0.1) is 0 Å². The van der Waals surface area contributed by atoms with E-state index < -0.39 is 15.9 Å². The summed E-state index contributed by atoms with van der Waals surface area (Å²) in [4.78, 5) is 12.7. The van der Waals surface area contributed by atoms with Crippen LogP contribution >= 0.6 is 11.6 Å². The van der Waals surface area contributed by atoms with Crippen LogP contribution in [0.4, 0.5) is 0 Å². The normalized spacial score (nSPS) is 15.6. The smallest absolute Gasteiger partial charge is 0.252 e. The number of rotatable bonds is 7. The number of carbonyl (C=O) groups excluding carboxylic acids is 1. The van der Waals surface area contributed by atoms with Gasteiger partial charge in [0.15, 0.2) is 0 Å². The molecule has 2 aromatic carbocycles. The first kappa shape index (κ1) is 23.6. The van der Waals surface area contributed by atoms with Gasteiger partial charge in [0.2, 0.25) is 10.0 Å². The van der Waals surface area contributed by atoms with Crippen molar-refractivity contribution < 1.29 is 17.9 Å². The quantitative estimate of drug-likeness (QED) is 0.623. The van der Waals surface area contributed by atoms with Gasteiger partial charge in [0.25, 0.3) is 5.91 Å². The van der Waals surface area contributed by atoms with Gasteiger partial charge in [-0.3, -0.25) is 4.79 Å². The number of ether oxygens (including phenoxy) is 1. The molecular formula is C23H29ClN2O4S. The lowest BCUT2D eigenvalue weighted by Crippen LogP contribution is -2.38. The molecule has 0 atom stereocenters. The van der Waals surface area contributed by atoms with Crippen LogP contribution in [0.25, 0.3) is 0 Å². The van der Waals surface area contributed by atoms with Gasteiger partial charge in [-0.05, 0) is 68.0 Å². The van der Waals surface area contributed by atoms with Crippen LogP contribution in [0.3, 0.4) is 0 Å². The Labute approximate surface area is 189 Å². The monoisotopic (exact) mass is 464 g/mol. The van der Waals surface area contributed by atoms with E-state index in [1.807, 2.05) is 32.0 Å². The molecule has 2 aromatic rings. The van der Waals surface area contributed by atoms with Gasteiger partial charge in [0.1, 0.15) is 12.4 Å². The number of nitrogens with zero attached hydrogens (tertiary/aromatic N) is 1. The molecule has 1 fully saturated rings. The molecule has 1 aliphatic heterocycles. The van der Waals surface area contributed by atoms with Gasteiger partial charge >= 0.3 is 0 Å². The maximum Gasteiger partial charge on any atom is 0.252 e. The molecule has 8 heteroatoms. The van der Waals surface area contributed by atoms with E-state index in [0.29, 0.717) is 19.0 Å². The Morgan fingerprint density at radius 3 is 2.61 bits per heavy atom. The SMILES string of the molecule is Cc1cccc(OCCNC(=O)c2cc(S(=O)(=O)N3CCC(C)CC3)ccc2Cl)c1C. The largest absolute Gasteiger partial charge is 0.491 e. The topological polar surface area (TPSA) is 75.7 Å². The van der Waals surface area contributed by atoms with Crippen molar-refractivity contribution in [1.82, 2.24) is 9.62 Å². The van der Waals surface area contributed by atoms with E-state index in [2.05, 4.69) is 12.2 Å². The van der Waals surface area contributed by atoms with Gasteiger partial charge in [0.05, 0.1) is 22.0 Å². The highest BCUT2D eigenvalue weighted by Crippen LogP contribution is 2.26. The molecule has 1 N–H and O–H groups in total. The van der Waals surface area contributed by atoms with E-state index >= 15 is 0 Å². The van der Waals surface area contributed by atoms with Crippen LogP contribution in [0, 0.1) is 19.8 Å². The maximum absolute atomic E-state index is 13.0. The van der Waals surface area contributed by atoms with Gasteiger partial charge in [-0.25, -0.2) is 8.42 Å². The fourth-order valence-electron chi connectivity index (χ4n) is 3.51. The molecule has 31 heavy (non-hydrogen) atoms. The zero-order valence-electron chi connectivity index (χ0n) is 18.2. The predicted octanol–water partition coefficient (Wildman–Crippen LogP) is 4.19. The molecule has 0 aromatic heterocycles. The molecule has 168 valence electrons. The van der Waals surface area contributed by atoms with Gasteiger partial charge in [-0.1, -0.05) is 30.7 Å². The number of benzene rings is 2. The summed E-state index contributed by atoms with van der Waals surface area (Å²) < 4.78 is 33.2. The molecule has 1 aliphatic rings. The lowest BCUT2D eigenvalue weighted by molar-refractivity contribution is 0.0947. The minimum atomic E-state index is -3.66. The maximum atomic E-state index is 13.0. The summed E-state index contributed by atoms with van der Waals surface area (Å²) in [6, 6.07) is 10.1. The summed E-state index contributed by atoms with van der Waals surface area (Å²) >= 11 is 6.19. The molecule has 1 amide bonds. The second-order valence-electron chi connectivity index (χ2n) is 8.03. The lowest BCUT2D eigenvalue weighted by Gasteiger charge is -2.29. The van der Waals surface area contributed by atoms with E-state index in [-0.39, 0.29) is 28.6 Å². The Kier molecular flexibility index (Phi) is 7.62. The van der Waals surface area contributed by atoms with Crippen molar-refractivity contribution in [3.8, 4) is 5.75 Å². The van der Waals surface area contributed by atoms with Crippen LogP contribution in [0.1, 0.15) is 41.3 Å². The third kappa shape index (κ3) is 5.59. The summed E-state index contributed by atoms with van der Waals surface area (Å²) in [5, 5.41) is 2.96. The summed E-state index contributed by atoms with van der Waals surface area (Å²) in [5.41, 5.74) is 2.33. The molecule has 1 heterocycles. The highest BCUT2D eigenvalue weighted by atomic mass is 35.5. The second kappa shape index (κ2) is 10.0. The Balaban J connectivity index is 1.64. The fraction of sp³-hybridized carbons (Fsp3) is 0.435. The number of piperidine rings is 1. The molecule has 0 bridgehead atoms. The molecule has 0 spiro atoms. The van der Waals surface area contributed by atoms with E-state index in [1.54, 1.807) is 0 Å². The van der Waals surface area contributed by atoms with Crippen molar-refractivity contribution in [3.63, 3.8) is 0 Å². The van der Waals surface area contributed by atoms with Gasteiger partial charge in [0, 0.05) is 13.1 Å². The Bertz CT molecular complexity index is 1050. The summed E-state index contributed by atoms with van der Waals surface area (Å²) in [6.07, 6.45) is 1.67. The van der Waals surface area contributed by atoms with Crippen molar-refractivity contribution >= 4 is 27.5 Å². The molecule has 6 nitrogen and oxygen atoms in total. The van der Waals surface area contributed by atoms with Crippen molar-refractivity contribution in [2.24, 2.45) is 5.92 Å². The Morgan fingerprint density at radius 1 is 1.19 bits per heavy atom. The van der Waals surface area contributed by atoms with Crippen molar-refractivity contribution in [1.29, 1.82) is 0 Å². The van der Waals surface area contributed by atoms with Crippen molar-refractivity contribution in [2.75, 3.05) is 26.2 Å². The third-order valence-corrected chi connectivity index (χ3v) is 7.99. The predicted molar refractivity (Wildman–Crippen MR) is 122 cm³/mol. The molecule has 3 rings (SSSR count). The molecule has 0 unspecified atom stereocenters. The van der Waals surface area contributed by atoms with Crippen LogP contribution in [0.15, 0.2) is 41.3 Å². The van der Waals surface area contributed by atoms with Gasteiger partial charge < -0.3 is 10.1 Å². The number of carbonyl (C=O) groups is 1. The second-order valence-corrected chi connectivity index (χ2v) is 10.4. The first-order valence-corrected chi connectivity index (χ1v) is 12.3.